The molecule has 0 aliphatic carbocycles. The molecule has 6 heteroatoms. The van der Waals surface area contributed by atoms with Crippen LogP contribution in [0.2, 0.25) is 5.02 Å². The van der Waals surface area contributed by atoms with Gasteiger partial charge in [-0.25, -0.2) is 8.42 Å². The predicted molar refractivity (Wildman–Crippen MR) is 97.8 cm³/mol. The fraction of sp³-hybridized carbons (Fsp3) is 0.333. The smallest absolute Gasteiger partial charge is 0.261 e. The van der Waals surface area contributed by atoms with E-state index in [0.29, 0.717) is 10.7 Å². The van der Waals surface area contributed by atoms with Gasteiger partial charge in [0.05, 0.1) is 4.90 Å². The van der Waals surface area contributed by atoms with E-state index in [1.807, 2.05) is 24.3 Å². The highest BCUT2D eigenvalue weighted by molar-refractivity contribution is 7.92. The van der Waals surface area contributed by atoms with E-state index in [-0.39, 0.29) is 4.90 Å². The molecular formula is C18H21ClN2O2S. The van der Waals surface area contributed by atoms with Gasteiger partial charge < -0.3 is 0 Å². The van der Waals surface area contributed by atoms with Gasteiger partial charge in [-0.3, -0.25) is 9.62 Å². The molecule has 0 bridgehead atoms. The van der Waals surface area contributed by atoms with Gasteiger partial charge >= 0.3 is 0 Å². The van der Waals surface area contributed by atoms with Gasteiger partial charge in [0.2, 0.25) is 0 Å². The summed E-state index contributed by atoms with van der Waals surface area (Å²) in [5.74, 6) is 0. The monoisotopic (exact) mass is 364 g/mol. The minimum atomic E-state index is -3.59. The lowest BCUT2D eigenvalue weighted by molar-refractivity contribution is 0.221. The second-order valence-electron chi connectivity index (χ2n) is 6.09. The highest BCUT2D eigenvalue weighted by Gasteiger charge is 2.14. The van der Waals surface area contributed by atoms with E-state index in [1.54, 1.807) is 12.1 Å². The van der Waals surface area contributed by atoms with Crippen molar-refractivity contribution < 1.29 is 8.42 Å². The third-order valence-corrected chi connectivity index (χ3v) is 5.83. The molecule has 4 nitrogen and oxygen atoms in total. The molecule has 1 fully saturated rings. The first-order valence-electron chi connectivity index (χ1n) is 8.13. The summed E-state index contributed by atoms with van der Waals surface area (Å²) in [6.07, 6.45) is 3.85. The fourth-order valence-corrected chi connectivity index (χ4v) is 4.07. The van der Waals surface area contributed by atoms with E-state index >= 15 is 0 Å². The van der Waals surface area contributed by atoms with Crippen molar-refractivity contribution in [2.45, 2.75) is 30.7 Å². The summed E-state index contributed by atoms with van der Waals surface area (Å²) in [5, 5.41) is 0.510. The Morgan fingerprint density at radius 3 is 2.17 bits per heavy atom. The number of nitrogens with one attached hydrogen (secondary N) is 1. The summed E-state index contributed by atoms with van der Waals surface area (Å²) in [5.41, 5.74) is 1.76. The number of halogens is 1. The van der Waals surface area contributed by atoms with Gasteiger partial charge in [0.15, 0.2) is 0 Å². The van der Waals surface area contributed by atoms with Crippen LogP contribution in [-0.2, 0) is 16.6 Å². The molecule has 1 aliphatic heterocycles. The lowest BCUT2D eigenvalue weighted by Gasteiger charge is -2.26. The van der Waals surface area contributed by atoms with Crippen LogP contribution in [0.4, 0.5) is 5.69 Å². The number of piperidine rings is 1. The van der Waals surface area contributed by atoms with E-state index in [4.69, 9.17) is 11.6 Å². The van der Waals surface area contributed by atoms with Crippen molar-refractivity contribution in [1.29, 1.82) is 0 Å². The fourth-order valence-electron chi connectivity index (χ4n) is 2.88. The maximum Gasteiger partial charge on any atom is 0.261 e. The van der Waals surface area contributed by atoms with Crippen molar-refractivity contribution in [3.05, 3.63) is 59.1 Å². The topological polar surface area (TPSA) is 49.4 Å². The van der Waals surface area contributed by atoms with E-state index < -0.39 is 10.0 Å². The van der Waals surface area contributed by atoms with E-state index in [0.717, 1.165) is 19.6 Å². The Balaban J connectivity index is 1.66. The lowest BCUT2D eigenvalue weighted by atomic mass is 10.1. The number of rotatable bonds is 5. The van der Waals surface area contributed by atoms with E-state index in [2.05, 4.69) is 9.62 Å². The average molecular weight is 365 g/mol. The SMILES string of the molecule is O=S(=O)(Nc1ccc(CN2CCCCC2)cc1)c1ccc(Cl)cc1. The second-order valence-corrected chi connectivity index (χ2v) is 8.21. The number of hydrogen-bond acceptors (Lipinski definition) is 3. The molecule has 0 unspecified atom stereocenters. The molecule has 2 aromatic rings. The average Bonchev–Trinajstić information content (AvgIpc) is 2.58. The Morgan fingerprint density at radius 2 is 1.54 bits per heavy atom. The number of sulfonamides is 1. The van der Waals surface area contributed by atoms with Crippen molar-refractivity contribution >= 4 is 27.3 Å². The Kier molecular flexibility index (Phi) is 5.43. The molecule has 24 heavy (non-hydrogen) atoms. The summed E-state index contributed by atoms with van der Waals surface area (Å²) >= 11 is 5.80. The minimum absolute atomic E-state index is 0.198. The van der Waals surface area contributed by atoms with E-state index in [1.165, 1.54) is 37.0 Å². The Hall–Kier alpha value is -1.56. The largest absolute Gasteiger partial charge is 0.299 e. The van der Waals surface area contributed by atoms with Crippen LogP contribution in [-0.4, -0.2) is 26.4 Å². The quantitative estimate of drug-likeness (QED) is 0.867. The maximum absolute atomic E-state index is 12.4. The third-order valence-electron chi connectivity index (χ3n) is 4.18. The normalized spacial score (nSPS) is 16.0. The number of hydrogen-bond donors (Lipinski definition) is 1. The minimum Gasteiger partial charge on any atom is -0.299 e. The van der Waals surface area contributed by atoms with Crippen LogP contribution in [0.15, 0.2) is 53.4 Å². The first-order chi connectivity index (χ1) is 11.5. The molecule has 0 saturated carbocycles. The molecule has 1 aliphatic rings. The van der Waals surface area contributed by atoms with Crippen LogP contribution in [0.25, 0.3) is 0 Å². The van der Waals surface area contributed by atoms with Crippen molar-refractivity contribution in [1.82, 2.24) is 4.90 Å². The standard InChI is InChI=1S/C18H21ClN2O2S/c19-16-6-10-18(11-7-16)24(22,23)20-17-8-4-15(5-9-17)14-21-12-2-1-3-13-21/h4-11,20H,1-3,12-14H2. The summed E-state index contributed by atoms with van der Waals surface area (Å²) in [7, 11) is -3.59. The van der Waals surface area contributed by atoms with Crippen molar-refractivity contribution in [2.75, 3.05) is 17.8 Å². The van der Waals surface area contributed by atoms with Gasteiger partial charge in [0, 0.05) is 17.3 Å². The van der Waals surface area contributed by atoms with Gasteiger partial charge in [0.25, 0.3) is 10.0 Å². The van der Waals surface area contributed by atoms with Crippen LogP contribution in [0.3, 0.4) is 0 Å². The Morgan fingerprint density at radius 1 is 0.917 bits per heavy atom. The van der Waals surface area contributed by atoms with Gasteiger partial charge in [-0.1, -0.05) is 30.2 Å². The van der Waals surface area contributed by atoms with Gasteiger partial charge in [-0.15, -0.1) is 0 Å². The van der Waals surface area contributed by atoms with Crippen molar-refractivity contribution in [2.24, 2.45) is 0 Å². The first-order valence-corrected chi connectivity index (χ1v) is 9.99. The lowest BCUT2D eigenvalue weighted by Crippen LogP contribution is -2.29. The van der Waals surface area contributed by atoms with Crippen LogP contribution in [0.5, 0.6) is 0 Å². The van der Waals surface area contributed by atoms with Crippen LogP contribution < -0.4 is 4.72 Å². The highest BCUT2D eigenvalue weighted by Crippen LogP contribution is 2.20. The van der Waals surface area contributed by atoms with Crippen LogP contribution in [0.1, 0.15) is 24.8 Å². The van der Waals surface area contributed by atoms with Gasteiger partial charge in [-0.05, 0) is 67.9 Å². The Labute approximate surface area is 148 Å². The molecule has 128 valence electrons. The highest BCUT2D eigenvalue weighted by atomic mass is 35.5. The molecule has 0 radical (unpaired) electrons. The molecule has 0 aromatic heterocycles. The first kappa shape index (κ1) is 17.3. The summed E-state index contributed by atoms with van der Waals surface area (Å²) in [6, 6.07) is 13.7. The molecular weight excluding hydrogens is 344 g/mol. The molecule has 1 heterocycles. The van der Waals surface area contributed by atoms with Crippen molar-refractivity contribution in [3.63, 3.8) is 0 Å². The van der Waals surface area contributed by atoms with E-state index in [9.17, 15) is 8.42 Å². The second kappa shape index (κ2) is 7.55. The zero-order chi connectivity index (χ0) is 17.0. The molecule has 0 amide bonds. The Bertz CT molecular complexity index is 768. The molecule has 0 atom stereocenters. The van der Waals surface area contributed by atoms with Gasteiger partial charge in [0.1, 0.15) is 0 Å². The molecule has 1 N–H and O–H groups in total. The number of likely N-dealkylation sites (tertiary alicyclic amines) is 1. The molecule has 1 saturated heterocycles. The molecule has 2 aromatic carbocycles. The van der Waals surface area contributed by atoms with Crippen LogP contribution in [0, 0.1) is 0 Å². The molecule has 0 spiro atoms. The summed E-state index contributed by atoms with van der Waals surface area (Å²) < 4.78 is 27.3. The number of nitrogens with zero attached hydrogens (tertiary/aromatic N) is 1. The van der Waals surface area contributed by atoms with Crippen LogP contribution >= 0.6 is 11.6 Å². The predicted octanol–water partition coefficient (Wildman–Crippen LogP) is 4.13. The van der Waals surface area contributed by atoms with Crippen molar-refractivity contribution in [3.8, 4) is 0 Å². The zero-order valence-corrected chi connectivity index (χ0v) is 15.0. The number of anilines is 1. The number of benzene rings is 2. The third kappa shape index (κ3) is 4.50. The van der Waals surface area contributed by atoms with Gasteiger partial charge in [-0.2, -0.15) is 0 Å². The maximum atomic E-state index is 12.4. The summed E-state index contributed by atoms with van der Waals surface area (Å²) in [4.78, 5) is 2.64. The molecule has 3 rings (SSSR count). The summed E-state index contributed by atoms with van der Waals surface area (Å²) in [6.45, 7) is 3.21. The zero-order valence-electron chi connectivity index (χ0n) is 13.4.